The zero-order valence-corrected chi connectivity index (χ0v) is 47.2. The van der Waals surface area contributed by atoms with Crippen molar-refractivity contribution >= 4 is 25.7 Å². The predicted octanol–water partition coefficient (Wildman–Crippen LogP) is 16.8. The molecule has 0 radical (unpaired) electrons. The normalized spacial score (nSPS) is 14.3. The lowest BCUT2D eigenvalue weighted by Gasteiger charge is -2.21. The quantitative estimate of drug-likeness (QED) is 0.0197. The third-order valence-corrected chi connectivity index (χ3v) is 12.3. The highest BCUT2D eigenvalue weighted by molar-refractivity contribution is 7.47. The maximum absolute atomic E-state index is 12.9. The van der Waals surface area contributed by atoms with Crippen molar-refractivity contribution < 1.29 is 52.2 Å². The molecular formula is C62H101O11P. The maximum atomic E-state index is 12.9. The van der Waals surface area contributed by atoms with Crippen LogP contribution in [0.25, 0.3) is 0 Å². The van der Waals surface area contributed by atoms with Crippen molar-refractivity contribution in [2.45, 2.75) is 226 Å². The standard InChI is InChI=1S/C62H101O11P/c1-4-7-10-13-16-19-22-25-27-28-29-30-32-35-38-41-44-47-50-53-62(66)73-59(55-69-60(64)51-48-45-42-39-36-33-24-21-18-15-12-9-6-3)57-71-74(67,68)70-56-58(54-63)72-61(65)52-49-46-43-40-37-34-31-26-23-20-17-14-11-8-5-2/h8,11-12,15-17,19-21,24-27,29-31,37,40,46,49,58-59,63H,4-7,9-10,13-14,18,22-23,28,32-36,38-39,41-45,47-48,50-57H2,1-3H3,(H,67,68)/b11-8-,15-12-,19-16-,20-17-,24-21-,27-25-,30-29-,31-26-,40-37-,49-46-. The second kappa shape index (κ2) is 55.1. The highest BCUT2D eigenvalue weighted by Crippen LogP contribution is 2.43. The molecule has 3 unspecified atom stereocenters. The van der Waals surface area contributed by atoms with Crippen molar-refractivity contribution in [2.24, 2.45) is 0 Å². The first-order valence-corrected chi connectivity index (χ1v) is 29.9. The van der Waals surface area contributed by atoms with Crippen LogP contribution in [0.1, 0.15) is 213 Å². The van der Waals surface area contributed by atoms with Gasteiger partial charge in [0.1, 0.15) is 12.7 Å². The Kier molecular flexibility index (Phi) is 52.1. The second-order valence-electron chi connectivity index (χ2n) is 18.4. The average molecular weight is 1050 g/mol. The second-order valence-corrected chi connectivity index (χ2v) is 19.8. The molecule has 0 aliphatic heterocycles. The number of aliphatic hydroxyl groups excluding tert-OH is 1. The summed E-state index contributed by atoms with van der Waals surface area (Å²) >= 11 is 0. The first kappa shape index (κ1) is 69.9. The van der Waals surface area contributed by atoms with Gasteiger partial charge in [-0.2, -0.15) is 0 Å². The van der Waals surface area contributed by atoms with Crippen LogP contribution < -0.4 is 0 Å². The van der Waals surface area contributed by atoms with Crippen LogP contribution in [0, 0.1) is 0 Å². The van der Waals surface area contributed by atoms with Crippen molar-refractivity contribution in [3.8, 4) is 0 Å². The summed E-state index contributed by atoms with van der Waals surface area (Å²) in [5, 5.41) is 9.79. The molecule has 0 aromatic carbocycles. The van der Waals surface area contributed by atoms with Gasteiger partial charge >= 0.3 is 25.7 Å². The van der Waals surface area contributed by atoms with Gasteiger partial charge in [0.05, 0.1) is 26.2 Å². The third kappa shape index (κ3) is 52.7. The largest absolute Gasteiger partial charge is 0.472 e. The fourth-order valence-electron chi connectivity index (χ4n) is 7.06. The molecule has 0 spiro atoms. The van der Waals surface area contributed by atoms with Gasteiger partial charge in [-0.1, -0.05) is 206 Å². The summed E-state index contributed by atoms with van der Waals surface area (Å²) in [6.45, 7) is 4.28. The first-order chi connectivity index (χ1) is 36.2. The number of phosphoric ester groups is 1. The molecule has 3 atom stereocenters. The molecule has 0 fully saturated rings. The SMILES string of the molecule is CC/C=C\C/C=C\C/C=C\C/C=C\C/C=C\CC(=O)OC(CO)COP(=O)(O)OCC(COC(=O)CCCCCCC/C=C\C/C=C\CCC)OC(=O)CCCCCCCC/C=C\C/C=C\C/C=C\CCCCC. The minimum atomic E-state index is -4.79. The monoisotopic (exact) mass is 1050 g/mol. The Balaban J connectivity index is 4.85. The van der Waals surface area contributed by atoms with E-state index in [1.165, 1.54) is 25.7 Å². The Morgan fingerprint density at radius 1 is 0.405 bits per heavy atom. The summed E-state index contributed by atoms with van der Waals surface area (Å²) in [7, 11) is -4.79. The molecule has 0 saturated carbocycles. The van der Waals surface area contributed by atoms with Crippen molar-refractivity contribution in [3.05, 3.63) is 122 Å². The van der Waals surface area contributed by atoms with Gasteiger partial charge in [0.25, 0.3) is 0 Å². The Hall–Kier alpha value is -4.12. The van der Waals surface area contributed by atoms with Crippen LogP contribution in [0.2, 0.25) is 0 Å². The fraction of sp³-hybridized carbons (Fsp3) is 0.629. The molecule has 0 bridgehead atoms. The van der Waals surface area contributed by atoms with Crippen LogP contribution >= 0.6 is 7.82 Å². The molecule has 0 saturated heterocycles. The molecular weight excluding hydrogens is 952 g/mol. The minimum Gasteiger partial charge on any atom is -0.462 e. The van der Waals surface area contributed by atoms with Crippen molar-refractivity contribution in [1.29, 1.82) is 0 Å². The highest BCUT2D eigenvalue weighted by Gasteiger charge is 2.28. The molecule has 0 rings (SSSR count). The summed E-state index contributed by atoms with van der Waals surface area (Å²) in [6.07, 6.45) is 67.6. The molecule has 2 N–H and O–H groups in total. The van der Waals surface area contributed by atoms with Crippen LogP contribution in [0.3, 0.4) is 0 Å². The summed E-state index contributed by atoms with van der Waals surface area (Å²) in [6, 6.07) is 0. The van der Waals surface area contributed by atoms with E-state index in [9.17, 15) is 28.9 Å². The van der Waals surface area contributed by atoms with Gasteiger partial charge in [0.2, 0.25) is 0 Å². The van der Waals surface area contributed by atoms with Gasteiger partial charge in [-0.15, -0.1) is 0 Å². The number of hydrogen-bond acceptors (Lipinski definition) is 10. The lowest BCUT2D eigenvalue weighted by molar-refractivity contribution is -0.161. The molecule has 0 aromatic rings. The number of esters is 3. The molecule has 12 heteroatoms. The molecule has 0 aromatic heterocycles. The van der Waals surface area contributed by atoms with Crippen molar-refractivity contribution in [3.63, 3.8) is 0 Å². The minimum absolute atomic E-state index is 0.0626. The third-order valence-electron chi connectivity index (χ3n) is 11.4. The summed E-state index contributed by atoms with van der Waals surface area (Å²) in [5.41, 5.74) is 0. The van der Waals surface area contributed by atoms with Crippen LogP contribution in [-0.2, 0) is 42.2 Å². The van der Waals surface area contributed by atoms with Gasteiger partial charge in [0, 0.05) is 12.8 Å². The van der Waals surface area contributed by atoms with Gasteiger partial charge < -0.3 is 24.2 Å². The van der Waals surface area contributed by atoms with Gasteiger partial charge in [0.15, 0.2) is 6.10 Å². The number of ether oxygens (including phenoxy) is 3. The summed E-state index contributed by atoms with van der Waals surface area (Å²) in [5.74, 6) is -1.65. The van der Waals surface area contributed by atoms with Gasteiger partial charge in [-0.05, 0) is 109 Å². The van der Waals surface area contributed by atoms with Crippen LogP contribution in [-0.4, -0.2) is 66.5 Å². The average Bonchev–Trinajstić information content (AvgIpc) is 3.39. The van der Waals surface area contributed by atoms with E-state index in [0.717, 1.165) is 128 Å². The van der Waals surface area contributed by atoms with E-state index >= 15 is 0 Å². The molecule has 420 valence electrons. The van der Waals surface area contributed by atoms with Crippen molar-refractivity contribution in [1.82, 2.24) is 0 Å². The summed E-state index contributed by atoms with van der Waals surface area (Å²) in [4.78, 5) is 48.4. The fourth-order valence-corrected chi connectivity index (χ4v) is 7.85. The number of carbonyl (C=O) groups is 3. The molecule has 0 aliphatic rings. The topological polar surface area (TPSA) is 155 Å². The number of aliphatic hydroxyl groups is 1. The number of rotatable bonds is 51. The molecule has 0 amide bonds. The number of carbonyl (C=O) groups excluding carboxylic acids is 3. The number of phosphoric acid groups is 1. The van der Waals surface area contributed by atoms with E-state index in [4.69, 9.17) is 23.3 Å². The van der Waals surface area contributed by atoms with Crippen molar-refractivity contribution in [2.75, 3.05) is 26.4 Å². The zero-order valence-electron chi connectivity index (χ0n) is 46.3. The van der Waals surface area contributed by atoms with Crippen LogP contribution in [0.4, 0.5) is 0 Å². The zero-order chi connectivity index (χ0) is 54.1. The molecule has 11 nitrogen and oxygen atoms in total. The molecule has 0 heterocycles. The number of allylic oxidation sites excluding steroid dienone is 19. The van der Waals surface area contributed by atoms with Gasteiger partial charge in [-0.25, -0.2) is 4.57 Å². The molecule has 74 heavy (non-hydrogen) atoms. The van der Waals surface area contributed by atoms with Gasteiger partial charge in [-0.3, -0.25) is 23.4 Å². The van der Waals surface area contributed by atoms with E-state index in [1.54, 1.807) is 6.08 Å². The highest BCUT2D eigenvalue weighted by atomic mass is 31.2. The van der Waals surface area contributed by atoms with E-state index in [0.29, 0.717) is 19.3 Å². The Morgan fingerprint density at radius 2 is 0.784 bits per heavy atom. The van der Waals surface area contributed by atoms with E-state index in [2.05, 4.69) is 118 Å². The molecule has 0 aliphatic carbocycles. The summed E-state index contributed by atoms with van der Waals surface area (Å²) < 4.78 is 39.3. The Bertz CT molecular complexity index is 1700. The number of hydrogen-bond donors (Lipinski definition) is 2. The van der Waals surface area contributed by atoms with E-state index in [-0.39, 0.29) is 25.9 Å². The Labute approximate surface area is 449 Å². The smallest absolute Gasteiger partial charge is 0.462 e. The van der Waals surface area contributed by atoms with Crippen LogP contribution in [0.5, 0.6) is 0 Å². The number of unbranched alkanes of at least 4 members (excludes halogenated alkanes) is 15. The lowest BCUT2D eigenvalue weighted by atomic mass is 10.1. The Morgan fingerprint density at radius 3 is 1.24 bits per heavy atom. The predicted molar refractivity (Wildman–Crippen MR) is 306 cm³/mol. The lowest BCUT2D eigenvalue weighted by Crippen LogP contribution is -2.30. The van der Waals surface area contributed by atoms with E-state index < -0.39 is 57.8 Å². The van der Waals surface area contributed by atoms with E-state index in [1.807, 2.05) is 18.2 Å². The van der Waals surface area contributed by atoms with Crippen LogP contribution in [0.15, 0.2) is 122 Å². The first-order valence-electron chi connectivity index (χ1n) is 28.4. The maximum Gasteiger partial charge on any atom is 0.472 e.